The number of hydrogen-bond acceptors (Lipinski definition) is 4. The number of benzene rings is 1. The van der Waals surface area contributed by atoms with Crippen molar-refractivity contribution in [2.45, 2.75) is 52.5 Å². The Labute approximate surface area is 188 Å². The molecule has 1 saturated heterocycles. The van der Waals surface area contributed by atoms with Gasteiger partial charge in [-0.05, 0) is 44.9 Å². The van der Waals surface area contributed by atoms with Crippen LogP contribution in [0.4, 0.5) is 4.79 Å². The first-order valence-corrected chi connectivity index (χ1v) is 11.9. The molecule has 0 radical (unpaired) electrons. The normalized spacial score (nSPS) is 16.9. The molecule has 8 heteroatoms. The number of carbonyl (C=O) groups is 2. The van der Waals surface area contributed by atoms with E-state index in [4.69, 9.17) is 4.98 Å². The summed E-state index contributed by atoms with van der Waals surface area (Å²) in [6.07, 6.45) is 5.14. The number of aromatic nitrogens is 2. The third-order valence-electron chi connectivity index (χ3n) is 6.68. The highest BCUT2D eigenvalue weighted by molar-refractivity contribution is 5.97. The molecule has 3 amide bonds. The zero-order valence-corrected chi connectivity index (χ0v) is 19.2. The number of carbonyl (C=O) groups excluding carboxylic acids is 2. The highest BCUT2D eigenvalue weighted by Crippen LogP contribution is 2.18. The van der Waals surface area contributed by atoms with Crippen LogP contribution in [0.25, 0.3) is 10.9 Å². The van der Waals surface area contributed by atoms with Crippen LogP contribution in [-0.2, 0) is 13.0 Å². The van der Waals surface area contributed by atoms with Crippen molar-refractivity contribution >= 4 is 22.8 Å². The third kappa shape index (κ3) is 4.36. The molecule has 2 aliphatic heterocycles. The van der Waals surface area contributed by atoms with E-state index in [0.29, 0.717) is 62.3 Å². The lowest BCUT2D eigenvalue weighted by atomic mass is 10.1. The fourth-order valence-corrected chi connectivity index (χ4v) is 4.71. The molecule has 0 bridgehead atoms. The van der Waals surface area contributed by atoms with E-state index in [2.05, 4.69) is 0 Å². The zero-order chi connectivity index (χ0) is 22.7. The molecule has 1 aromatic carbocycles. The second kappa shape index (κ2) is 9.71. The standard InChI is InChI=1S/C24H33N5O3/c1-3-26(4-2)24(32)28-15-13-27(14-16-28)22(30)18-10-11-19-20(17-18)25-21-9-7-5-6-8-12-29(21)23(19)31/h10-11,17H,3-9,12-16H2,1-2H3. The number of nitrogens with zero attached hydrogens (tertiary/aromatic N) is 5. The number of hydrogen-bond donors (Lipinski definition) is 0. The van der Waals surface area contributed by atoms with Crippen molar-refractivity contribution in [3.8, 4) is 0 Å². The van der Waals surface area contributed by atoms with Gasteiger partial charge in [-0.2, -0.15) is 0 Å². The van der Waals surface area contributed by atoms with Crippen LogP contribution in [0.3, 0.4) is 0 Å². The summed E-state index contributed by atoms with van der Waals surface area (Å²) in [5.74, 6) is 0.755. The van der Waals surface area contributed by atoms with Crippen molar-refractivity contribution in [1.82, 2.24) is 24.3 Å². The van der Waals surface area contributed by atoms with Crippen molar-refractivity contribution < 1.29 is 9.59 Å². The number of aryl methyl sites for hydroxylation is 1. The molecule has 32 heavy (non-hydrogen) atoms. The fourth-order valence-electron chi connectivity index (χ4n) is 4.71. The molecule has 0 unspecified atom stereocenters. The van der Waals surface area contributed by atoms with E-state index in [1.54, 1.807) is 28.0 Å². The summed E-state index contributed by atoms with van der Waals surface area (Å²) in [5.41, 5.74) is 1.14. The number of fused-ring (bicyclic) bond motifs is 2. The summed E-state index contributed by atoms with van der Waals surface area (Å²) in [5, 5.41) is 0.570. The van der Waals surface area contributed by atoms with Crippen LogP contribution >= 0.6 is 0 Å². The molecule has 0 N–H and O–H groups in total. The van der Waals surface area contributed by atoms with Gasteiger partial charge in [-0.3, -0.25) is 14.2 Å². The lowest BCUT2D eigenvalue weighted by molar-refractivity contribution is 0.0641. The Kier molecular flexibility index (Phi) is 6.77. The van der Waals surface area contributed by atoms with Crippen molar-refractivity contribution in [3.05, 3.63) is 39.9 Å². The molecule has 0 saturated carbocycles. The van der Waals surface area contributed by atoms with Gasteiger partial charge in [0.05, 0.1) is 10.9 Å². The molecule has 2 aromatic rings. The van der Waals surface area contributed by atoms with Gasteiger partial charge in [0.15, 0.2) is 0 Å². The highest BCUT2D eigenvalue weighted by atomic mass is 16.2. The summed E-state index contributed by atoms with van der Waals surface area (Å²) in [7, 11) is 0. The first-order valence-electron chi connectivity index (χ1n) is 11.9. The van der Waals surface area contributed by atoms with E-state index in [1.807, 2.05) is 23.3 Å². The Hall–Kier alpha value is -2.90. The van der Waals surface area contributed by atoms with Crippen molar-refractivity contribution in [2.24, 2.45) is 0 Å². The van der Waals surface area contributed by atoms with Crippen LogP contribution in [0.15, 0.2) is 23.0 Å². The van der Waals surface area contributed by atoms with Gasteiger partial charge in [-0.15, -0.1) is 0 Å². The molecule has 2 aliphatic rings. The van der Waals surface area contributed by atoms with Gasteiger partial charge < -0.3 is 14.7 Å². The Bertz CT molecular complexity index is 1050. The minimum atomic E-state index is -0.0736. The minimum Gasteiger partial charge on any atom is -0.335 e. The van der Waals surface area contributed by atoms with Crippen LogP contribution in [-0.4, -0.2) is 75.5 Å². The minimum absolute atomic E-state index is 0.00516. The van der Waals surface area contributed by atoms with Gasteiger partial charge in [-0.1, -0.05) is 12.8 Å². The first kappa shape index (κ1) is 22.3. The largest absolute Gasteiger partial charge is 0.335 e. The summed E-state index contributed by atoms with van der Waals surface area (Å²) in [6.45, 7) is 8.10. The second-order valence-corrected chi connectivity index (χ2v) is 8.62. The molecule has 172 valence electrons. The monoisotopic (exact) mass is 439 g/mol. The molecule has 1 fully saturated rings. The predicted octanol–water partition coefficient (Wildman–Crippen LogP) is 2.73. The highest BCUT2D eigenvalue weighted by Gasteiger charge is 2.27. The summed E-state index contributed by atoms with van der Waals surface area (Å²) in [4.78, 5) is 48.9. The molecule has 0 spiro atoms. The van der Waals surface area contributed by atoms with Crippen LogP contribution in [0.2, 0.25) is 0 Å². The molecule has 3 heterocycles. The maximum absolute atomic E-state index is 13.1. The quantitative estimate of drug-likeness (QED) is 0.737. The number of piperazine rings is 1. The molecule has 1 aromatic heterocycles. The van der Waals surface area contributed by atoms with Gasteiger partial charge in [-0.25, -0.2) is 9.78 Å². The number of rotatable bonds is 3. The topological polar surface area (TPSA) is 78.8 Å². The molecule has 0 aliphatic carbocycles. The van der Waals surface area contributed by atoms with E-state index in [9.17, 15) is 14.4 Å². The lowest BCUT2D eigenvalue weighted by Crippen LogP contribution is -2.54. The SMILES string of the molecule is CCN(CC)C(=O)N1CCN(C(=O)c2ccc3c(=O)n4c(nc3c2)CCCCCC4)CC1. The maximum Gasteiger partial charge on any atom is 0.320 e. The van der Waals surface area contributed by atoms with Crippen LogP contribution < -0.4 is 5.56 Å². The van der Waals surface area contributed by atoms with Gasteiger partial charge >= 0.3 is 6.03 Å². The molecule has 4 rings (SSSR count). The van der Waals surface area contributed by atoms with E-state index < -0.39 is 0 Å². The smallest absolute Gasteiger partial charge is 0.320 e. The Morgan fingerprint density at radius 3 is 2.34 bits per heavy atom. The average Bonchev–Trinajstić information content (AvgIpc) is 2.80. The summed E-state index contributed by atoms with van der Waals surface area (Å²) in [6, 6.07) is 5.27. The van der Waals surface area contributed by atoms with Gasteiger partial charge in [0, 0.05) is 57.8 Å². The first-order chi connectivity index (χ1) is 15.5. The summed E-state index contributed by atoms with van der Waals surface area (Å²) >= 11 is 0. The Morgan fingerprint density at radius 2 is 1.62 bits per heavy atom. The van der Waals surface area contributed by atoms with Crippen LogP contribution in [0.1, 0.15) is 55.7 Å². The van der Waals surface area contributed by atoms with Crippen LogP contribution in [0, 0.1) is 0 Å². The Balaban J connectivity index is 1.51. The van der Waals surface area contributed by atoms with Crippen molar-refractivity contribution in [3.63, 3.8) is 0 Å². The van der Waals surface area contributed by atoms with E-state index in [0.717, 1.165) is 37.9 Å². The van der Waals surface area contributed by atoms with Gasteiger partial charge in [0.25, 0.3) is 11.5 Å². The average molecular weight is 440 g/mol. The number of urea groups is 1. The summed E-state index contributed by atoms with van der Waals surface area (Å²) < 4.78 is 1.81. The van der Waals surface area contributed by atoms with Gasteiger partial charge in [0.2, 0.25) is 0 Å². The Morgan fingerprint density at radius 1 is 0.938 bits per heavy atom. The zero-order valence-electron chi connectivity index (χ0n) is 19.2. The van der Waals surface area contributed by atoms with Gasteiger partial charge in [0.1, 0.15) is 5.82 Å². The van der Waals surface area contributed by atoms with E-state index >= 15 is 0 Å². The lowest BCUT2D eigenvalue weighted by Gasteiger charge is -2.37. The predicted molar refractivity (Wildman–Crippen MR) is 124 cm³/mol. The van der Waals surface area contributed by atoms with E-state index in [-0.39, 0.29) is 17.5 Å². The molecular formula is C24H33N5O3. The number of amides is 3. The van der Waals surface area contributed by atoms with Crippen molar-refractivity contribution in [2.75, 3.05) is 39.3 Å². The van der Waals surface area contributed by atoms with Crippen molar-refractivity contribution in [1.29, 1.82) is 0 Å². The van der Waals surface area contributed by atoms with E-state index in [1.165, 1.54) is 0 Å². The second-order valence-electron chi connectivity index (χ2n) is 8.62. The molecule has 0 atom stereocenters. The fraction of sp³-hybridized carbons (Fsp3) is 0.583. The van der Waals surface area contributed by atoms with Crippen LogP contribution in [0.5, 0.6) is 0 Å². The third-order valence-corrected chi connectivity index (χ3v) is 6.68. The maximum atomic E-state index is 13.1. The molecular weight excluding hydrogens is 406 g/mol. The molecule has 8 nitrogen and oxygen atoms in total.